The van der Waals surface area contributed by atoms with Crippen LogP contribution in [0.1, 0.15) is 40.0 Å². The Balaban J connectivity index is 3.79. The summed E-state index contributed by atoms with van der Waals surface area (Å²) in [4.78, 5) is 10.1. The maximum absolute atomic E-state index is 10.1. The minimum absolute atomic E-state index is 1.08. The van der Waals surface area contributed by atoms with Gasteiger partial charge in [-0.05, 0) is 19.3 Å². The number of rotatable bonds is 6. The van der Waals surface area contributed by atoms with Crippen molar-refractivity contribution >= 4 is 7.49 Å². The van der Waals surface area contributed by atoms with Gasteiger partial charge in [0.25, 0.3) is 0 Å². The van der Waals surface area contributed by atoms with Gasteiger partial charge in [0.2, 0.25) is 0 Å². The van der Waals surface area contributed by atoms with Gasteiger partial charge >= 0.3 is 0 Å². The quantitative estimate of drug-likeness (QED) is 0.618. The number of hydrogen-bond acceptors (Lipinski definition) is 1. The van der Waals surface area contributed by atoms with Crippen LogP contribution in [0.2, 0.25) is 0 Å². The molecule has 0 unspecified atom stereocenters. The first-order chi connectivity index (χ1) is 5.18. The highest BCUT2D eigenvalue weighted by Gasteiger charge is 2.31. The maximum Gasteiger partial charge on any atom is 0.142 e. The molecule has 0 saturated carbocycles. The molecule has 0 fully saturated rings. The third kappa shape index (κ3) is 4.76. The van der Waals surface area contributed by atoms with Crippen LogP contribution in [0.4, 0.5) is 0 Å². The van der Waals surface area contributed by atoms with Gasteiger partial charge in [-0.2, -0.15) is 0 Å². The third-order valence-electron chi connectivity index (χ3n) is 1.92. The molecule has 0 spiro atoms. The lowest BCUT2D eigenvalue weighted by Crippen LogP contribution is -2.05. The smallest absolute Gasteiger partial charge is 0.142 e. The Bertz CT molecular complexity index is 76.5. The molecule has 1 nitrogen and oxygen atoms in total. The highest BCUT2D eigenvalue weighted by Crippen LogP contribution is 2.55. The van der Waals surface area contributed by atoms with Gasteiger partial charge in [0.15, 0.2) is 0 Å². The highest BCUT2D eigenvalue weighted by molar-refractivity contribution is 7.70. The first-order valence-corrected chi connectivity index (χ1v) is 7.07. The van der Waals surface area contributed by atoms with Crippen molar-refractivity contribution in [2.24, 2.45) is 0 Å². The lowest BCUT2D eigenvalue weighted by atomic mass is 10.6. The SMILES string of the molecule is CCC[P+](O)(CCC)CCC. The lowest BCUT2D eigenvalue weighted by Gasteiger charge is -2.18. The molecule has 0 aliphatic carbocycles. The molecule has 0 rings (SSSR count). The molecule has 0 amide bonds. The van der Waals surface area contributed by atoms with E-state index in [-0.39, 0.29) is 0 Å². The summed E-state index contributed by atoms with van der Waals surface area (Å²) in [6.45, 7) is 6.49. The fraction of sp³-hybridized carbons (Fsp3) is 1.00. The summed E-state index contributed by atoms with van der Waals surface area (Å²) < 4.78 is 0. The Morgan fingerprint density at radius 1 is 0.818 bits per heavy atom. The van der Waals surface area contributed by atoms with E-state index in [9.17, 15) is 4.89 Å². The summed E-state index contributed by atoms with van der Waals surface area (Å²) in [7, 11) is -1.47. The molecular weight excluding hydrogens is 155 g/mol. The molecule has 0 aromatic carbocycles. The van der Waals surface area contributed by atoms with Gasteiger partial charge in [0, 0.05) is 0 Å². The van der Waals surface area contributed by atoms with Crippen molar-refractivity contribution in [1.82, 2.24) is 0 Å². The predicted octanol–water partition coefficient (Wildman–Crippen LogP) is 3.14. The molecule has 2 heteroatoms. The van der Waals surface area contributed by atoms with Crippen LogP contribution in [-0.4, -0.2) is 23.4 Å². The molecule has 0 aromatic rings. The Morgan fingerprint density at radius 2 is 1.09 bits per heavy atom. The Labute approximate surface area is 71.6 Å². The highest BCUT2D eigenvalue weighted by atomic mass is 31.2. The maximum atomic E-state index is 10.1. The van der Waals surface area contributed by atoms with Crippen LogP contribution < -0.4 is 0 Å². The van der Waals surface area contributed by atoms with Gasteiger partial charge in [-0.3, -0.25) is 4.89 Å². The monoisotopic (exact) mass is 177 g/mol. The van der Waals surface area contributed by atoms with Crippen LogP contribution >= 0.6 is 7.49 Å². The van der Waals surface area contributed by atoms with E-state index in [4.69, 9.17) is 0 Å². The van der Waals surface area contributed by atoms with Gasteiger partial charge in [-0.25, -0.2) is 0 Å². The van der Waals surface area contributed by atoms with Crippen LogP contribution in [0.25, 0.3) is 0 Å². The van der Waals surface area contributed by atoms with E-state index in [1.54, 1.807) is 0 Å². The fourth-order valence-corrected chi connectivity index (χ4v) is 4.75. The summed E-state index contributed by atoms with van der Waals surface area (Å²) in [5.74, 6) is 0. The Hall–Kier alpha value is 0.390. The molecule has 0 aromatic heterocycles. The van der Waals surface area contributed by atoms with Crippen molar-refractivity contribution in [2.75, 3.05) is 18.5 Å². The molecule has 0 heterocycles. The lowest BCUT2D eigenvalue weighted by molar-refractivity contribution is 0.590. The second-order valence-electron chi connectivity index (χ2n) is 3.27. The van der Waals surface area contributed by atoms with Crippen molar-refractivity contribution in [1.29, 1.82) is 0 Å². The second-order valence-corrected chi connectivity index (χ2v) is 6.80. The molecule has 0 radical (unpaired) electrons. The van der Waals surface area contributed by atoms with E-state index >= 15 is 0 Å². The second kappa shape index (κ2) is 5.97. The molecule has 0 saturated heterocycles. The van der Waals surface area contributed by atoms with Gasteiger partial charge < -0.3 is 0 Å². The van der Waals surface area contributed by atoms with E-state index in [1.165, 1.54) is 0 Å². The van der Waals surface area contributed by atoms with E-state index in [0.29, 0.717) is 0 Å². The van der Waals surface area contributed by atoms with Gasteiger partial charge in [0.05, 0.1) is 18.5 Å². The Morgan fingerprint density at radius 3 is 1.27 bits per heavy atom. The molecule has 0 atom stereocenters. The zero-order valence-corrected chi connectivity index (χ0v) is 9.03. The summed E-state index contributed by atoms with van der Waals surface area (Å²) in [5, 5.41) is 0. The Kier molecular flexibility index (Phi) is 6.18. The van der Waals surface area contributed by atoms with Gasteiger partial charge in [-0.1, -0.05) is 20.8 Å². The third-order valence-corrected chi connectivity index (χ3v) is 5.76. The van der Waals surface area contributed by atoms with Crippen LogP contribution in [-0.2, 0) is 0 Å². The van der Waals surface area contributed by atoms with Gasteiger partial charge in [-0.15, -0.1) is 0 Å². The minimum atomic E-state index is -1.47. The summed E-state index contributed by atoms with van der Waals surface area (Å²) in [6, 6.07) is 0. The van der Waals surface area contributed by atoms with Crippen molar-refractivity contribution < 1.29 is 4.89 Å². The van der Waals surface area contributed by atoms with Crippen LogP contribution in [0.15, 0.2) is 0 Å². The number of hydrogen-bond donors (Lipinski definition) is 1. The van der Waals surface area contributed by atoms with E-state index in [1.807, 2.05) is 0 Å². The summed E-state index contributed by atoms with van der Waals surface area (Å²) in [6.07, 6.45) is 6.66. The molecular formula is C9H22OP+. The zero-order chi connectivity index (χ0) is 8.74. The predicted molar refractivity (Wildman–Crippen MR) is 54.6 cm³/mol. The average molecular weight is 177 g/mol. The molecule has 11 heavy (non-hydrogen) atoms. The van der Waals surface area contributed by atoms with Crippen molar-refractivity contribution in [3.05, 3.63) is 0 Å². The topological polar surface area (TPSA) is 20.2 Å². The van der Waals surface area contributed by atoms with Crippen LogP contribution in [0.5, 0.6) is 0 Å². The molecule has 68 valence electrons. The van der Waals surface area contributed by atoms with E-state index in [0.717, 1.165) is 37.7 Å². The molecule has 0 aliphatic heterocycles. The van der Waals surface area contributed by atoms with E-state index < -0.39 is 7.49 Å². The minimum Gasteiger partial charge on any atom is -0.252 e. The van der Waals surface area contributed by atoms with Crippen molar-refractivity contribution in [2.45, 2.75) is 40.0 Å². The standard InChI is InChI=1S/C9H22OP/c1-4-7-11(10,8-5-2)9-6-3/h10H,4-9H2,1-3H3/q+1. The normalized spacial score (nSPS) is 12.0. The molecule has 1 N–H and O–H groups in total. The zero-order valence-electron chi connectivity index (χ0n) is 8.14. The first kappa shape index (κ1) is 11.4. The average Bonchev–Trinajstić information content (AvgIpc) is 1.88. The van der Waals surface area contributed by atoms with Crippen molar-refractivity contribution in [3.63, 3.8) is 0 Å². The first-order valence-electron chi connectivity index (χ1n) is 4.77. The largest absolute Gasteiger partial charge is 0.252 e. The fourth-order valence-electron chi connectivity index (χ4n) is 1.58. The van der Waals surface area contributed by atoms with E-state index in [2.05, 4.69) is 20.8 Å². The van der Waals surface area contributed by atoms with Crippen LogP contribution in [0, 0.1) is 0 Å². The van der Waals surface area contributed by atoms with Gasteiger partial charge in [0.1, 0.15) is 7.49 Å². The van der Waals surface area contributed by atoms with Crippen molar-refractivity contribution in [3.8, 4) is 0 Å². The summed E-state index contributed by atoms with van der Waals surface area (Å²) in [5.41, 5.74) is 0. The molecule has 0 bridgehead atoms. The van der Waals surface area contributed by atoms with Crippen LogP contribution in [0.3, 0.4) is 0 Å². The molecule has 0 aliphatic rings. The summed E-state index contributed by atoms with van der Waals surface area (Å²) >= 11 is 0.